The number of anilines is 1. The number of hydrogen-bond acceptors (Lipinski definition) is 5. The molecule has 244 valence electrons. The molecule has 0 aliphatic rings. The van der Waals surface area contributed by atoms with E-state index in [1.54, 1.807) is 28.4 Å². The zero-order valence-corrected chi connectivity index (χ0v) is 28.2. The average Bonchev–Trinajstić information content (AvgIpc) is 3.19. The highest BCUT2D eigenvalue weighted by atomic mass is 16.5. The maximum Gasteiger partial charge on any atom is 0.118 e. The van der Waals surface area contributed by atoms with E-state index in [1.165, 1.54) is 5.56 Å². The topological polar surface area (TPSA) is 40.2 Å². The van der Waals surface area contributed by atoms with Gasteiger partial charge in [0.05, 0.1) is 28.4 Å². The van der Waals surface area contributed by atoms with E-state index in [4.69, 9.17) is 18.9 Å². The molecule has 6 rings (SSSR count). The predicted molar refractivity (Wildman–Crippen MR) is 200 cm³/mol. The van der Waals surface area contributed by atoms with Crippen LogP contribution < -0.4 is 23.8 Å². The van der Waals surface area contributed by atoms with Crippen molar-refractivity contribution in [1.29, 1.82) is 0 Å². The lowest BCUT2D eigenvalue weighted by Gasteiger charge is -2.22. The molecular formula is C44H39NO4. The highest BCUT2D eigenvalue weighted by Crippen LogP contribution is 2.33. The van der Waals surface area contributed by atoms with E-state index in [1.807, 2.05) is 54.6 Å². The van der Waals surface area contributed by atoms with Crippen molar-refractivity contribution in [2.24, 2.45) is 0 Å². The highest BCUT2D eigenvalue weighted by molar-refractivity contribution is 5.86. The van der Waals surface area contributed by atoms with Gasteiger partial charge in [0.15, 0.2) is 0 Å². The standard InChI is InChI=1S/C44H39NO4/c1-46-39-22-12-34(13-23-39)43(35-14-24-40(47-2)25-15-35)30-45(38-20-10-33(11-21-38)32-8-6-5-7-9-32)31-44(36-16-26-41(48-3)27-17-36)37-18-28-42(49-4)29-19-37/h5-31H,1-4H3. The normalized spacial score (nSPS) is 10.4. The number of nitrogens with zero attached hydrogens (tertiary/aromatic N) is 1. The molecule has 0 bridgehead atoms. The van der Waals surface area contributed by atoms with Crippen molar-refractivity contribution in [2.45, 2.75) is 0 Å². The molecule has 0 fully saturated rings. The zero-order valence-electron chi connectivity index (χ0n) is 28.2. The first-order valence-electron chi connectivity index (χ1n) is 16.0. The molecule has 0 amide bonds. The summed E-state index contributed by atoms with van der Waals surface area (Å²) in [5.74, 6) is 3.19. The number of benzene rings is 6. The summed E-state index contributed by atoms with van der Waals surface area (Å²) < 4.78 is 22.0. The third kappa shape index (κ3) is 7.86. The van der Waals surface area contributed by atoms with Gasteiger partial charge in [-0.1, -0.05) is 91.0 Å². The minimum absolute atomic E-state index is 0.799. The van der Waals surface area contributed by atoms with Crippen molar-refractivity contribution in [3.8, 4) is 34.1 Å². The van der Waals surface area contributed by atoms with Crippen molar-refractivity contribution in [2.75, 3.05) is 33.3 Å². The van der Waals surface area contributed by atoms with Crippen LogP contribution in [0.4, 0.5) is 5.69 Å². The monoisotopic (exact) mass is 645 g/mol. The Hall–Kier alpha value is -6.20. The second-order valence-corrected chi connectivity index (χ2v) is 11.3. The van der Waals surface area contributed by atoms with Gasteiger partial charge < -0.3 is 23.8 Å². The highest BCUT2D eigenvalue weighted by Gasteiger charge is 2.14. The van der Waals surface area contributed by atoms with E-state index in [0.29, 0.717) is 0 Å². The van der Waals surface area contributed by atoms with Crippen LogP contribution in [-0.4, -0.2) is 28.4 Å². The molecule has 6 aromatic carbocycles. The molecule has 0 aliphatic carbocycles. The number of methoxy groups -OCH3 is 4. The first-order valence-corrected chi connectivity index (χ1v) is 16.0. The summed E-state index contributed by atoms with van der Waals surface area (Å²) in [6, 6.07) is 51.7. The van der Waals surface area contributed by atoms with Crippen LogP contribution in [0.1, 0.15) is 22.3 Å². The second kappa shape index (κ2) is 15.6. The van der Waals surface area contributed by atoms with Crippen LogP contribution in [-0.2, 0) is 0 Å². The Morgan fingerprint density at radius 1 is 0.367 bits per heavy atom. The van der Waals surface area contributed by atoms with Gasteiger partial charge in [-0.05, 0) is 94.0 Å². The first-order chi connectivity index (χ1) is 24.1. The fraction of sp³-hybridized carbons (Fsp3) is 0.0909. The minimum atomic E-state index is 0.799. The molecule has 5 nitrogen and oxygen atoms in total. The summed E-state index contributed by atoms with van der Waals surface area (Å²) in [7, 11) is 6.73. The SMILES string of the molecule is COc1ccc(C(=CN(C=C(c2ccc(OC)cc2)c2ccc(OC)cc2)c2ccc(-c3ccccc3)cc2)c2ccc(OC)cc2)cc1. The van der Waals surface area contributed by atoms with Crippen molar-refractivity contribution in [3.05, 3.63) is 186 Å². The van der Waals surface area contributed by atoms with Gasteiger partial charge in [-0.2, -0.15) is 0 Å². The van der Waals surface area contributed by atoms with E-state index < -0.39 is 0 Å². The van der Waals surface area contributed by atoms with Crippen LogP contribution >= 0.6 is 0 Å². The van der Waals surface area contributed by atoms with E-state index >= 15 is 0 Å². The van der Waals surface area contributed by atoms with Gasteiger partial charge in [0.1, 0.15) is 23.0 Å². The van der Waals surface area contributed by atoms with Crippen LogP contribution in [0.15, 0.2) is 164 Å². The van der Waals surface area contributed by atoms with Crippen molar-refractivity contribution in [1.82, 2.24) is 0 Å². The lowest BCUT2D eigenvalue weighted by molar-refractivity contribution is 0.414. The maximum absolute atomic E-state index is 5.49. The first kappa shape index (κ1) is 32.7. The minimum Gasteiger partial charge on any atom is -0.497 e. The van der Waals surface area contributed by atoms with Gasteiger partial charge in [-0.3, -0.25) is 0 Å². The quantitative estimate of drug-likeness (QED) is 0.132. The zero-order chi connectivity index (χ0) is 34.0. The molecule has 6 aromatic rings. The average molecular weight is 646 g/mol. The summed E-state index contributed by atoms with van der Waals surface area (Å²) in [5.41, 5.74) is 9.53. The van der Waals surface area contributed by atoms with Crippen LogP contribution in [0.3, 0.4) is 0 Å². The molecule has 0 N–H and O–H groups in total. The molecule has 0 radical (unpaired) electrons. The number of ether oxygens (including phenoxy) is 4. The predicted octanol–water partition coefficient (Wildman–Crippen LogP) is 10.4. The Balaban J connectivity index is 1.57. The van der Waals surface area contributed by atoms with Gasteiger partial charge in [-0.15, -0.1) is 0 Å². The summed E-state index contributed by atoms with van der Waals surface area (Å²) in [6.07, 6.45) is 4.38. The number of rotatable bonds is 12. The van der Waals surface area contributed by atoms with Crippen molar-refractivity contribution in [3.63, 3.8) is 0 Å². The van der Waals surface area contributed by atoms with Crippen molar-refractivity contribution < 1.29 is 18.9 Å². The molecule has 0 spiro atoms. The summed E-state index contributed by atoms with van der Waals surface area (Å²) in [5, 5.41) is 0. The maximum atomic E-state index is 5.49. The van der Waals surface area contributed by atoms with Crippen molar-refractivity contribution >= 4 is 16.8 Å². The van der Waals surface area contributed by atoms with E-state index in [9.17, 15) is 0 Å². The van der Waals surface area contributed by atoms with Gasteiger partial charge in [0, 0.05) is 29.2 Å². The molecule has 0 atom stereocenters. The lowest BCUT2D eigenvalue weighted by atomic mass is 9.97. The fourth-order valence-electron chi connectivity index (χ4n) is 5.63. The molecule has 0 saturated carbocycles. The smallest absolute Gasteiger partial charge is 0.118 e. The molecule has 0 saturated heterocycles. The largest absolute Gasteiger partial charge is 0.497 e. The third-order valence-corrected chi connectivity index (χ3v) is 8.41. The van der Waals surface area contributed by atoms with Gasteiger partial charge in [0.2, 0.25) is 0 Å². The molecule has 0 unspecified atom stereocenters. The Bertz CT molecular complexity index is 1790. The molecule has 49 heavy (non-hydrogen) atoms. The third-order valence-electron chi connectivity index (χ3n) is 8.41. The van der Waals surface area contributed by atoms with Crippen LogP contribution in [0.5, 0.6) is 23.0 Å². The van der Waals surface area contributed by atoms with Gasteiger partial charge in [0.25, 0.3) is 0 Å². The van der Waals surface area contributed by atoms with Crippen LogP contribution in [0.25, 0.3) is 22.3 Å². The fourth-order valence-corrected chi connectivity index (χ4v) is 5.63. The van der Waals surface area contributed by atoms with E-state index in [2.05, 4.69) is 114 Å². The van der Waals surface area contributed by atoms with Crippen LogP contribution in [0.2, 0.25) is 0 Å². The molecule has 0 heterocycles. The molecular weight excluding hydrogens is 606 g/mol. The summed E-state index contributed by atoms with van der Waals surface area (Å²) in [4.78, 5) is 2.20. The Morgan fingerprint density at radius 3 is 0.980 bits per heavy atom. The Labute approximate surface area is 288 Å². The van der Waals surface area contributed by atoms with Gasteiger partial charge in [-0.25, -0.2) is 0 Å². The van der Waals surface area contributed by atoms with Gasteiger partial charge >= 0.3 is 0 Å². The van der Waals surface area contributed by atoms with E-state index in [0.717, 1.165) is 67.6 Å². The molecule has 5 heteroatoms. The Kier molecular flexibility index (Phi) is 10.4. The Morgan fingerprint density at radius 2 is 0.673 bits per heavy atom. The van der Waals surface area contributed by atoms with E-state index in [-0.39, 0.29) is 0 Å². The second-order valence-electron chi connectivity index (χ2n) is 11.3. The number of hydrogen-bond donors (Lipinski definition) is 0. The summed E-state index contributed by atoms with van der Waals surface area (Å²) >= 11 is 0. The molecule has 0 aromatic heterocycles. The summed E-state index contributed by atoms with van der Waals surface area (Å²) in [6.45, 7) is 0. The molecule has 0 aliphatic heterocycles. The van der Waals surface area contributed by atoms with Crippen LogP contribution in [0, 0.1) is 0 Å². The lowest BCUT2D eigenvalue weighted by Crippen LogP contribution is -2.11.